The van der Waals surface area contributed by atoms with Gasteiger partial charge in [-0.15, -0.1) is 0 Å². The number of hydrogen-bond acceptors (Lipinski definition) is 3. The van der Waals surface area contributed by atoms with E-state index in [0.29, 0.717) is 18.5 Å². The van der Waals surface area contributed by atoms with Gasteiger partial charge in [0, 0.05) is 25.7 Å². The van der Waals surface area contributed by atoms with Crippen LogP contribution in [0.2, 0.25) is 0 Å². The van der Waals surface area contributed by atoms with Crippen molar-refractivity contribution in [2.45, 2.75) is 57.9 Å². The molecule has 4 heteroatoms. The Morgan fingerprint density at radius 2 is 2.00 bits per heavy atom. The summed E-state index contributed by atoms with van der Waals surface area (Å²) in [5, 5.41) is 12.6. The molecule has 0 radical (unpaired) electrons. The predicted molar refractivity (Wildman–Crippen MR) is 80.8 cm³/mol. The molecule has 2 fully saturated rings. The fourth-order valence-electron chi connectivity index (χ4n) is 3.77. The van der Waals surface area contributed by atoms with Crippen LogP contribution in [-0.4, -0.2) is 48.2 Å². The summed E-state index contributed by atoms with van der Waals surface area (Å²) in [7, 11) is 0. The summed E-state index contributed by atoms with van der Waals surface area (Å²) in [6.45, 7) is 6.20. The minimum absolute atomic E-state index is 0.266. The van der Waals surface area contributed by atoms with Gasteiger partial charge in [0.2, 0.25) is 0 Å². The highest BCUT2D eigenvalue weighted by atomic mass is 16.4. The Kier molecular flexibility index (Phi) is 6.30. The topological polar surface area (TPSA) is 52.6 Å². The molecule has 4 nitrogen and oxygen atoms in total. The summed E-state index contributed by atoms with van der Waals surface area (Å²) in [4.78, 5) is 13.0. The first-order valence-electron chi connectivity index (χ1n) is 8.31. The first-order chi connectivity index (χ1) is 9.63. The molecule has 2 rings (SSSR count). The molecule has 20 heavy (non-hydrogen) atoms. The largest absolute Gasteiger partial charge is 0.481 e. The first-order valence-corrected chi connectivity index (χ1v) is 8.31. The second-order valence-electron chi connectivity index (χ2n) is 6.85. The van der Waals surface area contributed by atoms with Crippen molar-refractivity contribution in [3.8, 4) is 0 Å². The SMILES string of the molecule is CC1CC(NCC2CCCCC2)CN(CCC(=O)O)C1. The summed E-state index contributed by atoms with van der Waals surface area (Å²) in [6, 6.07) is 0.550. The number of carboxylic acids is 1. The van der Waals surface area contributed by atoms with Crippen molar-refractivity contribution in [1.29, 1.82) is 0 Å². The highest BCUT2D eigenvalue weighted by Gasteiger charge is 2.25. The second-order valence-corrected chi connectivity index (χ2v) is 6.85. The fourth-order valence-corrected chi connectivity index (χ4v) is 3.77. The highest BCUT2D eigenvalue weighted by molar-refractivity contribution is 5.66. The Morgan fingerprint density at radius 3 is 2.70 bits per heavy atom. The van der Waals surface area contributed by atoms with Crippen molar-refractivity contribution in [3.63, 3.8) is 0 Å². The molecule has 0 spiro atoms. The van der Waals surface area contributed by atoms with Crippen molar-refractivity contribution in [3.05, 3.63) is 0 Å². The zero-order chi connectivity index (χ0) is 14.4. The van der Waals surface area contributed by atoms with Gasteiger partial charge in [-0.3, -0.25) is 4.79 Å². The molecule has 2 aliphatic rings. The average molecular weight is 282 g/mol. The fraction of sp³-hybridized carbons (Fsp3) is 0.938. The van der Waals surface area contributed by atoms with E-state index in [1.807, 2.05) is 0 Å². The summed E-state index contributed by atoms with van der Waals surface area (Å²) >= 11 is 0. The van der Waals surface area contributed by atoms with Gasteiger partial charge in [-0.05, 0) is 37.6 Å². The number of nitrogens with zero attached hydrogens (tertiary/aromatic N) is 1. The molecule has 0 aromatic rings. The lowest BCUT2D eigenvalue weighted by Crippen LogP contribution is -2.50. The predicted octanol–water partition coefficient (Wildman–Crippen LogP) is 2.34. The maximum atomic E-state index is 10.7. The number of nitrogens with one attached hydrogen (secondary N) is 1. The van der Waals surface area contributed by atoms with E-state index in [9.17, 15) is 4.79 Å². The van der Waals surface area contributed by atoms with E-state index >= 15 is 0 Å². The molecule has 116 valence electrons. The Hall–Kier alpha value is -0.610. The number of carboxylic acid groups (broad SMARTS) is 1. The molecule has 0 aromatic heterocycles. The van der Waals surface area contributed by atoms with E-state index < -0.39 is 5.97 Å². The van der Waals surface area contributed by atoms with Crippen LogP contribution in [0.4, 0.5) is 0 Å². The van der Waals surface area contributed by atoms with Crippen molar-refractivity contribution in [1.82, 2.24) is 10.2 Å². The lowest BCUT2D eigenvalue weighted by molar-refractivity contribution is -0.137. The molecule has 0 aromatic carbocycles. The number of aliphatic carboxylic acids is 1. The van der Waals surface area contributed by atoms with Crippen molar-refractivity contribution in [2.75, 3.05) is 26.2 Å². The first kappa shape index (κ1) is 15.8. The number of carbonyl (C=O) groups is 1. The number of hydrogen-bond donors (Lipinski definition) is 2. The van der Waals surface area contributed by atoms with Crippen LogP contribution < -0.4 is 5.32 Å². The Labute approximate surface area is 122 Å². The lowest BCUT2D eigenvalue weighted by Gasteiger charge is -2.37. The van der Waals surface area contributed by atoms with Crippen LogP contribution in [0.3, 0.4) is 0 Å². The van der Waals surface area contributed by atoms with Crippen LogP contribution in [0.15, 0.2) is 0 Å². The maximum Gasteiger partial charge on any atom is 0.304 e. The van der Waals surface area contributed by atoms with E-state index in [4.69, 9.17) is 5.11 Å². The summed E-state index contributed by atoms with van der Waals surface area (Å²) in [5.41, 5.74) is 0. The zero-order valence-corrected chi connectivity index (χ0v) is 12.8. The molecule has 2 atom stereocenters. The Morgan fingerprint density at radius 1 is 1.25 bits per heavy atom. The second kappa shape index (κ2) is 7.99. The summed E-state index contributed by atoms with van der Waals surface area (Å²) in [5.74, 6) is 0.852. The van der Waals surface area contributed by atoms with Gasteiger partial charge in [0.05, 0.1) is 6.42 Å². The molecule has 1 heterocycles. The van der Waals surface area contributed by atoms with Gasteiger partial charge in [-0.25, -0.2) is 0 Å². The molecule has 2 unspecified atom stereocenters. The highest BCUT2D eigenvalue weighted by Crippen LogP contribution is 2.23. The van der Waals surface area contributed by atoms with E-state index in [2.05, 4.69) is 17.1 Å². The van der Waals surface area contributed by atoms with Gasteiger partial charge in [-0.2, -0.15) is 0 Å². The van der Waals surface area contributed by atoms with Gasteiger partial charge in [0.25, 0.3) is 0 Å². The molecule has 0 amide bonds. The third-order valence-corrected chi connectivity index (χ3v) is 4.80. The molecule has 1 aliphatic carbocycles. The van der Waals surface area contributed by atoms with Gasteiger partial charge < -0.3 is 15.3 Å². The molecule has 2 N–H and O–H groups in total. The Balaban J connectivity index is 1.71. The van der Waals surface area contributed by atoms with E-state index in [1.54, 1.807) is 0 Å². The molecular weight excluding hydrogens is 252 g/mol. The Bertz CT molecular complexity index is 303. The number of piperidine rings is 1. The summed E-state index contributed by atoms with van der Waals surface area (Å²) < 4.78 is 0. The third kappa shape index (κ3) is 5.41. The third-order valence-electron chi connectivity index (χ3n) is 4.80. The van der Waals surface area contributed by atoms with Crippen LogP contribution in [0.25, 0.3) is 0 Å². The maximum absolute atomic E-state index is 10.7. The molecule has 0 bridgehead atoms. The van der Waals surface area contributed by atoms with Gasteiger partial charge in [0.1, 0.15) is 0 Å². The summed E-state index contributed by atoms with van der Waals surface area (Å²) in [6.07, 6.45) is 8.49. The monoisotopic (exact) mass is 282 g/mol. The van der Waals surface area contributed by atoms with Gasteiger partial charge in [0.15, 0.2) is 0 Å². The molecule has 1 aliphatic heterocycles. The van der Waals surface area contributed by atoms with Crippen LogP contribution in [0.1, 0.15) is 51.9 Å². The van der Waals surface area contributed by atoms with Gasteiger partial charge >= 0.3 is 5.97 Å². The minimum atomic E-state index is -0.685. The van der Waals surface area contributed by atoms with E-state index in [0.717, 1.165) is 25.6 Å². The van der Waals surface area contributed by atoms with E-state index in [1.165, 1.54) is 38.5 Å². The molecular formula is C16H30N2O2. The van der Waals surface area contributed by atoms with Crippen LogP contribution >= 0.6 is 0 Å². The smallest absolute Gasteiger partial charge is 0.304 e. The van der Waals surface area contributed by atoms with Crippen LogP contribution in [0, 0.1) is 11.8 Å². The normalized spacial score (nSPS) is 29.4. The van der Waals surface area contributed by atoms with E-state index in [-0.39, 0.29) is 6.42 Å². The number of rotatable bonds is 6. The molecule has 1 saturated carbocycles. The van der Waals surface area contributed by atoms with Crippen molar-refractivity contribution < 1.29 is 9.90 Å². The van der Waals surface area contributed by atoms with Crippen molar-refractivity contribution in [2.24, 2.45) is 11.8 Å². The average Bonchev–Trinajstić information content (AvgIpc) is 2.44. The standard InChI is InChI=1S/C16H30N2O2/c1-13-9-15(12-18(11-13)8-7-16(19)20)17-10-14-5-3-2-4-6-14/h13-15,17H,2-12H2,1H3,(H,19,20). The lowest BCUT2D eigenvalue weighted by atomic mass is 9.88. The molecule has 1 saturated heterocycles. The minimum Gasteiger partial charge on any atom is -0.481 e. The number of likely N-dealkylation sites (tertiary alicyclic amines) is 1. The van der Waals surface area contributed by atoms with Gasteiger partial charge in [-0.1, -0.05) is 26.2 Å². The zero-order valence-electron chi connectivity index (χ0n) is 12.8. The van der Waals surface area contributed by atoms with Crippen molar-refractivity contribution >= 4 is 5.97 Å². The quantitative estimate of drug-likeness (QED) is 0.785. The van der Waals surface area contributed by atoms with Crippen LogP contribution in [0.5, 0.6) is 0 Å². The van der Waals surface area contributed by atoms with Crippen LogP contribution in [-0.2, 0) is 4.79 Å².